The maximum Gasteiger partial charge on any atom is 0.257 e. The maximum atomic E-state index is 13.8. The van der Waals surface area contributed by atoms with Gasteiger partial charge in [0.05, 0.1) is 11.3 Å². The molecule has 0 unspecified atom stereocenters. The van der Waals surface area contributed by atoms with Gasteiger partial charge in [0.15, 0.2) is 5.82 Å². The van der Waals surface area contributed by atoms with E-state index in [1.54, 1.807) is 7.05 Å². The average molecular weight is 283 g/mol. The fourth-order valence-corrected chi connectivity index (χ4v) is 2.10. The molecule has 0 spiro atoms. The molecule has 2 amide bonds. The molecule has 2 N–H and O–H groups in total. The summed E-state index contributed by atoms with van der Waals surface area (Å²) in [6, 6.07) is 1.61. The van der Waals surface area contributed by atoms with E-state index in [1.807, 2.05) is 0 Å². The topological polar surface area (TPSA) is 66.6 Å². The molecule has 1 aliphatic heterocycles. The van der Waals surface area contributed by atoms with E-state index in [2.05, 4.69) is 0 Å². The molecule has 0 aromatic heterocycles. The summed E-state index contributed by atoms with van der Waals surface area (Å²) in [4.78, 5) is 26.7. The lowest BCUT2D eigenvalue weighted by atomic mass is 10.1. The SMILES string of the molecule is CN1CCCN(C(=O)c2cc(F)cc(N)c2F)CC1=O. The number of anilines is 1. The third-order valence-electron chi connectivity index (χ3n) is 3.26. The van der Waals surface area contributed by atoms with Gasteiger partial charge in [-0.3, -0.25) is 9.59 Å². The molecule has 2 rings (SSSR count). The molecular formula is C13H15F2N3O2. The molecule has 0 radical (unpaired) electrons. The average Bonchev–Trinajstić information content (AvgIpc) is 2.56. The van der Waals surface area contributed by atoms with Gasteiger partial charge in [-0.15, -0.1) is 0 Å². The molecule has 1 fully saturated rings. The molecular weight excluding hydrogens is 268 g/mol. The zero-order chi connectivity index (χ0) is 14.9. The van der Waals surface area contributed by atoms with Crippen molar-refractivity contribution < 1.29 is 18.4 Å². The van der Waals surface area contributed by atoms with E-state index in [0.29, 0.717) is 19.5 Å². The van der Waals surface area contributed by atoms with Crippen molar-refractivity contribution in [1.82, 2.24) is 9.80 Å². The minimum atomic E-state index is -0.957. The number of benzene rings is 1. The van der Waals surface area contributed by atoms with Gasteiger partial charge < -0.3 is 15.5 Å². The van der Waals surface area contributed by atoms with Crippen LogP contribution in [0.2, 0.25) is 0 Å². The minimum absolute atomic E-state index is 0.148. The van der Waals surface area contributed by atoms with Crippen molar-refractivity contribution in [2.75, 3.05) is 32.4 Å². The Morgan fingerprint density at radius 2 is 2.00 bits per heavy atom. The van der Waals surface area contributed by atoms with Gasteiger partial charge in [0.1, 0.15) is 12.4 Å². The second kappa shape index (κ2) is 5.44. The first kappa shape index (κ1) is 14.2. The highest BCUT2D eigenvalue weighted by atomic mass is 19.1. The molecule has 20 heavy (non-hydrogen) atoms. The van der Waals surface area contributed by atoms with Crippen molar-refractivity contribution in [3.05, 3.63) is 29.3 Å². The van der Waals surface area contributed by atoms with Crippen molar-refractivity contribution in [3.63, 3.8) is 0 Å². The van der Waals surface area contributed by atoms with Gasteiger partial charge in [-0.2, -0.15) is 0 Å². The van der Waals surface area contributed by atoms with Crippen LogP contribution in [0.25, 0.3) is 0 Å². The fraction of sp³-hybridized carbons (Fsp3) is 0.385. The van der Waals surface area contributed by atoms with Crippen LogP contribution in [0, 0.1) is 11.6 Å². The molecule has 5 nitrogen and oxygen atoms in total. The number of nitrogen functional groups attached to an aromatic ring is 1. The Morgan fingerprint density at radius 1 is 1.30 bits per heavy atom. The number of nitrogens with two attached hydrogens (primary N) is 1. The number of amides is 2. The van der Waals surface area contributed by atoms with Crippen molar-refractivity contribution in [2.24, 2.45) is 0 Å². The number of hydrogen-bond acceptors (Lipinski definition) is 3. The molecule has 0 aliphatic carbocycles. The Morgan fingerprint density at radius 3 is 2.70 bits per heavy atom. The smallest absolute Gasteiger partial charge is 0.257 e. The second-order valence-corrected chi connectivity index (χ2v) is 4.75. The molecule has 1 aromatic carbocycles. The van der Waals surface area contributed by atoms with Gasteiger partial charge in [0.2, 0.25) is 5.91 Å². The Bertz CT molecular complexity index is 563. The van der Waals surface area contributed by atoms with Crippen LogP contribution in [-0.4, -0.2) is 48.3 Å². The number of carbonyl (C=O) groups is 2. The number of nitrogens with zero attached hydrogens (tertiary/aromatic N) is 2. The third-order valence-corrected chi connectivity index (χ3v) is 3.26. The summed E-state index contributed by atoms with van der Waals surface area (Å²) < 4.78 is 27.1. The van der Waals surface area contributed by atoms with Crippen LogP contribution in [0.1, 0.15) is 16.8 Å². The summed E-state index contributed by atoms with van der Waals surface area (Å²) in [5.41, 5.74) is 4.44. The minimum Gasteiger partial charge on any atom is -0.396 e. The highest BCUT2D eigenvalue weighted by molar-refractivity contribution is 5.97. The van der Waals surface area contributed by atoms with Crippen LogP contribution in [0.3, 0.4) is 0 Å². The van der Waals surface area contributed by atoms with Crippen LogP contribution in [0.15, 0.2) is 12.1 Å². The maximum absolute atomic E-state index is 13.8. The lowest BCUT2D eigenvalue weighted by molar-refractivity contribution is -0.129. The fourth-order valence-electron chi connectivity index (χ4n) is 2.10. The summed E-state index contributed by atoms with van der Waals surface area (Å²) in [5.74, 6) is -2.70. The Balaban J connectivity index is 2.29. The Kier molecular flexibility index (Phi) is 3.87. The summed E-state index contributed by atoms with van der Waals surface area (Å²) >= 11 is 0. The van der Waals surface area contributed by atoms with Gasteiger partial charge in [-0.1, -0.05) is 0 Å². The number of hydrogen-bond donors (Lipinski definition) is 1. The van der Waals surface area contributed by atoms with E-state index in [0.717, 1.165) is 12.1 Å². The molecule has 1 heterocycles. The van der Waals surface area contributed by atoms with Gasteiger partial charge in [-0.25, -0.2) is 8.78 Å². The first-order chi connectivity index (χ1) is 9.40. The molecule has 0 saturated carbocycles. The standard InChI is InChI=1S/C13H15F2N3O2/c1-17-3-2-4-18(7-11(17)19)13(20)9-5-8(14)6-10(16)12(9)15/h5-6H,2-4,7,16H2,1H3. The van der Waals surface area contributed by atoms with Gasteiger partial charge in [0.25, 0.3) is 5.91 Å². The number of rotatable bonds is 1. The normalized spacial score (nSPS) is 16.2. The van der Waals surface area contributed by atoms with Crippen LogP contribution in [0.4, 0.5) is 14.5 Å². The van der Waals surface area contributed by atoms with Gasteiger partial charge in [-0.05, 0) is 18.6 Å². The molecule has 7 heteroatoms. The number of likely N-dealkylation sites (N-methyl/N-ethyl adjacent to an activating group) is 1. The number of carbonyl (C=O) groups excluding carboxylic acids is 2. The van der Waals surface area contributed by atoms with E-state index >= 15 is 0 Å². The summed E-state index contributed by atoms with van der Waals surface area (Å²) in [6.07, 6.45) is 0.584. The summed E-state index contributed by atoms with van der Waals surface area (Å²) in [5, 5.41) is 0. The van der Waals surface area contributed by atoms with Crippen LogP contribution >= 0.6 is 0 Å². The molecule has 1 aromatic rings. The Hall–Kier alpha value is -2.18. The third kappa shape index (κ3) is 2.71. The first-order valence-electron chi connectivity index (χ1n) is 6.18. The predicted molar refractivity (Wildman–Crippen MR) is 68.9 cm³/mol. The van der Waals surface area contributed by atoms with Crippen LogP contribution < -0.4 is 5.73 Å². The van der Waals surface area contributed by atoms with E-state index in [-0.39, 0.29) is 12.5 Å². The largest absolute Gasteiger partial charge is 0.396 e. The summed E-state index contributed by atoms with van der Waals surface area (Å²) in [7, 11) is 1.64. The first-order valence-corrected chi connectivity index (χ1v) is 6.18. The lowest BCUT2D eigenvalue weighted by Crippen LogP contribution is -2.38. The Labute approximate surface area is 114 Å². The monoisotopic (exact) mass is 283 g/mol. The van der Waals surface area contributed by atoms with E-state index in [4.69, 9.17) is 5.73 Å². The molecule has 0 atom stereocenters. The van der Waals surface area contributed by atoms with Crippen molar-refractivity contribution in [1.29, 1.82) is 0 Å². The molecule has 0 bridgehead atoms. The van der Waals surface area contributed by atoms with Gasteiger partial charge >= 0.3 is 0 Å². The zero-order valence-corrected chi connectivity index (χ0v) is 11.0. The lowest BCUT2D eigenvalue weighted by Gasteiger charge is -2.20. The highest BCUT2D eigenvalue weighted by Crippen LogP contribution is 2.19. The summed E-state index contributed by atoms with van der Waals surface area (Å²) in [6.45, 7) is 0.687. The predicted octanol–water partition coefficient (Wildman–Crippen LogP) is 0.851. The molecule has 1 saturated heterocycles. The van der Waals surface area contributed by atoms with Crippen molar-refractivity contribution in [3.8, 4) is 0 Å². The van der Waals surface area contributed by atoms with E-state index in [1.165, 1.54) is 9.80 Å². The highest BCUT2D eigenvalue weighted by Gasteiger charge is 2.26. The zero-order valence-electron chi connectivity index (χ0n) is 11.0. The quantitative estimate of drug-likeness (QED) is 0.777. The van der Waals surface area contributed by atoms with Gasteiger partial charge in [0, 0.05) is 20.1 Å². The van der Waals surface area contributed by atoms with E-state index < -0.39 is 28.8 Å². The van der Waals surface area contributed by atoms with E-state index in [9.17, 15) is 18.4 Å². The molecule has 108 valence electrons. The molecule has 1 aliphatic rings. The number of halogens is 2. The van der Waals surface area contributed by atoms with Crippen molar-refractivity contribution >= 4 is 17.5 Å². The van der Waals surface area contributed by atoms with Crippen molar-refractivity contribution in [2.45, 2.75) is 6.42 Å². The second-order valence-electron chi connectivity index (χ2n) is 4.75. The van der Waals surface area contributed by atoms with Crippen LogP contribution in [0.5, 0.6) is 0 Å². The van der Waals surface area contributed by atoms with Crippen LogP contribution in [-0.2, 0) is 4.79 Å².